The van der Waals surface area contributed by atoms with Gasteiger partial charge in [-0.1, -0.05) is 144 Å². The number of rotatable bonds is 25. The van der Waals surface area contributed by atoms with E-state index in [1.165, 1.54) is 89.4 Å². The van der Waals surface area contributed by atoms with Crippen LogP contribution in [0.1, 0.15) is 143 Å². The zero-order valence-corrected chi connectivity index (χ0v) is 74.5. The third kappa shape index (κ3) is 19.0. The fourth-order valence-corrected chi connectivity index (χ4v) is 18.0. The van der Waals surface area contributed by atoms with Crippen molar-refractivity contribution in [3.05, 3.63) is 315 Å². The van der Waals surface area contributed by atoms with Gasteiger partial charge in [0, 0.05) is 147 Å². The summed E-state index contributed by atoms with van der Waals surface area (Å²) >= 11 is 9.21. The summed E-state index contributed by atoms with van der Waals surface area (Å²) in [6.45, 7) is 15.2. The average Bonchev–Trinajstić information content (AvgIpc) is 1.61. The summed E-state index contributed by atoms with van der Waals surface area (Å²) in [6, 6.07) is 54.5. The Morgan fingerprint density at radius 2 is 0.684 bits per heavy atom. The van der Waals surface area contributed by atoms with Crippen molar-refractivity contribution in [2.45, 2.75) is 79.1 Å². The fraction of sp³-hybridized carbons (Fsp3) is 0.127. The number of hydrogen-bond donors (Lipinski definition) is 13. The number of nitrogens with zero attached hydrogens (tertiary/aromatic N) is 2. The van der Waals surface area contributed by atoms with Gasteiger partial charge >= 0.3 is 29.8 Å². The van der Waals surface area contributed by atoms with E-state index in [9.17, 15) is 62.0 Å². The highest BCUT2D eigenvalue weighted by molar-refractivity contribution is 7.11. The summed E-state index contributed by atoms with van der Waals surface area (Å²) in [4.78, 5) is 92.5. The van der Waals surface area contributed by atoms with E-state index in [2.05, 4.69) is 49.8 Å². The molecule has 0 aliphatic rings. The Balaban J connectivity index is 0.000000129. The molecule has 672 valence electrons. The Hall–Kier alpha value is -15.9. The topological polar surface area (TPSA) is 376 Å². The number of para-hydroxylation sites is 1. The molecule has 0 aliphatic heterocycles. The summed E-state index contributed by atoms with van der Waals surface area (Å²) < 4.78 is 80.4. The molecule has 13 N–H and O–H groups in total. The number of carboxylic acids is 5. The van der Waals surface area contributed by atoms with Gasteiger partial charge in [-0.05, 0) is 202 Å². The van der Waals surface area contributed by atoms with Gasteiger partial charge in [-0.3, -0.25) is 0 Å². The van der Waals surface area contributed by atoms with Crippen LogP contribution in [0.5, 0.6) is 39.1 Å². The van der Waals surface area contributed by atoms with E-state index >= 15 is 0 Å². The number of hydrogen-bond acceptors (Lipinski definition) is 13. The van der Waals surface area contributed by atoms with Crippen LogP contribution in [0.3, 0.4) is 0 Å². The first-order valence-electron chi connectivity index (χ1n) is 41.8. The molecule has 0 bridgehead atoms. The van der Waals surface area contributed by atoms with Crippen molar-refractivity contribution >= 4 is 108 Å². The molecular formula is C102H83ClF4N10O14S2. The van der Waals surface area contributed by atoms with E-state index in [1.807, 2.05) is 163 Å². The molecular weight excluding hydrogens is 1760 g/mol. The second-order valence-corrected chi connectivity index (χ2v) is 34.3. The smallest absolute Gasteiger partial charge is 0.352 e. The van der Waals surface area contributed by atoms with Gasteiger partial charge < -0.3 is 84.4 Å². The molecule has 19 rings (SSSR count). The Bertz CT molecular complexity index is 7570. The van der Waals surface area contributed by atoms with Crippen molar-refractivity contribution < 1.29 is 86.0 Å². The van der Waals surface area contributed by atoms with E-state index in [1.54, 1.807) is 67.5 Å². The van der Waals surface area contributed by atoms with Crippen LogP contribution in [-0.2, 0) is 4.79 Å². The van der Waals surface area contributed by atoms with Crippen LogP contribution >= 0.6 is 34.3 Å². The van der Waals surface area contributed by atoms with Gasteiger partial charge in [0.15, 0.2) is 6.61 Å². The lowest BCUT2D eigenvalue weighted by atomic mass is 9.90. The number of nitrogens with one attached hydrogen (secondary N) is 8. The van der Waals surface area contributed by atoms with E-state index < -0.39 is 59.7 Å². The van der Waals surface area contributed by atoms with E-state index in [0.29, 0.717) is 134 Å². The van der Waals surface area contributed by atoms with Crippen LogP contribution in [0.2, 0.25) is 5.02 Å². The monoisotopic (exact) mass is 1850 g/mol. The number of thiazole rings is 2. The molecule has 24 nitrogen and oxygen atoms in total. The van der Waals surface area contributed by atoms with Gasteiger partial charge in [0.1, 0.15) is 74.8 Å². The largest absolute Gasteiger partial charge is 0.482 e. The highest BCUT2D eigenvalue weighted by atomic mass is 35.5. The molecule has 0 fully saturated rings. The molecule has 10 heterocycles. The Labute approximate surface area is 768 Å². The minimum Gasteiger partial charge on any atom is -0.482 e. The number of ether oxygens (including phenoxy) is 4. The maximum Gasteiger partial charge on any atom is 0.352 e. The van der Waals surface area contributed by atoms with Crippen molar-refractivity contribution in [1.29, 1.82) is 0 Å². The number of carbonyl (C=O) groups is 5. The number of halogens is 5. The number of aromatic nitrogens is 10. The zero-order valence-electron chi connectivity index (χ0n) is 72.1. The normalized spacial score (nSPS) is 11.3. The summed E-state index contributed by atoms with van der Waals surface area (Å²) in [5, 5.41) is 57.1. The van der Waals surface area contributed by atoms with E-state index in [0.717, 1.165) is 55.1 Å². The molecule has 0 spiro atoms. The number of carboxylic acid groups (broad SMARTS) is 5. The molecule has 133 heavy (non-hydrogen) atoms. The summed E-state index contributed by atoms with van der Waals surface area (Å²) in [5.41, 5.74) is 14.9. The first kappa shape index (κ1) is 90.4. The minimum absolute atomic E-state index is 0.0214. The van der Waals surface area contributed by atoms with Gasteiger partial charge in [0.05, 0.1) is 22.8 Å². The summed E-state index contributed by atoms with van der Waals surface area (Å²) in [6.07, 6.45) is 10.2. The molecule has 0 radical (unpaired) electrons. The van der Waals surface area contributed by atoms with Gasteiger partial charge in [0.25, 0.3) is 10.4 Å². The second kappa shape index (κ2) is 38.4. The molecule has 9 aromatic carbocycles. The van der Waals surface area contributed by atoms with Crippen LogP contribution in [0.25, 0.3) is 133 Å². The van der Waals surface area contributed by atoms with Crippen LogP contribution in [-0.4, -0.2) is 112 Å². The number of aromatic amines is 8. The molecule has 0 saturated heterocycles. The molecule has 0 aliphatic carbocycles. The Morgan fingerprint density at radius 3 is 1.04 bits per heavy atom. The number of aliphatic carboxylic acids is 1. The molecule has 10 aromatic heterocycles. The summed E-state index contributed by atoms with van der Waals surface area (Å²) in [7, 11) is 0. The lowest BCUT2D eigenvalue weighted by Gasteiger charge is -2.15. The minimum atomic E-state index is -1.22. The molecule has 0 amide bonds. The highest BCUT2D eigenvalue weighted by Gasteiger charge is 2.34. The molecule has 31 heteroatoms. The third-order valence-corrected chi connectivity index (χ3v) is 23.7. The Morgan fingerprint density at radius 1 is 0.353 bits per heavy atom. The number of H-pyrrole nitrogens is 8. The van der Waals surface area contributed by atoms with Gasteiger partial charge in [-0.2, -0.15) is 0 Å². The predicted octanol–water partition coefficient (Wildman–Crippen LogP) is 27.6. The number of aromatic carboxylic acids is 4. The predicted molar refractivity (Wildman–Crippen MR) is 507 cm³/mol. The third-order valence-electron chi connectivity index (χ3n) is 22.1. The average molecular weight is 1850 g/mol. The van der Waals surface area contributed by atoms with Gasteiger partial charge in [0.2, 0.25) is 0 Å². The summed E-state index contributed by atoms with van der Waals surface area (Å²) in [5.74, 6) is -4.78. The quantitative estimate of drug-likeness (QED) is 0.0236. The van der Waals surface area contributed by atoms with Crippen molar-refractivity contribution in [3.8, 4) is 129 Å². The molecule has 19 aromatic rings. The standard InChI is InChI=1S/C28H23FN2O3.2C25H20FN3O3S.C24H20ClFN2O5/c1-16(2)24-25(17-8-10-20(11-9-17)34-19-6-4-3-5-7-19)27(28(32)33)31-26(24)22-14-18(29)15-23-21(22)12-13-30-23;1-13(2)20-21(14-3-5-16(6-4-14)32-25-28-9-10-33-25)23(24(30)31)29-22(20)18-11-15(26)12-19-17(18)7-8-27-19;1-13(2)20-21(14-4-3-5-16(10-14)32-25-28-8-9-33-25)23(24(30)31)29-22(20)18-11-15(26)12-19-17(18)6-7-27-19;1-11(2)20-21(16-9-13(3-4-17(16)25)33-10-19(29)30)23(24(31)32)28-22(20)15-7-12(26)8-18-14(15)5-6-27-18/h3-16,30-31H,1-2H3,(H,32,33);2*3-13,27,29H,1-2H3,(H,30,31);3-9,11,27-28H,10H2,1-2H3,(H,29,30)(H,31,32). The van der Waals surface area contributed by atoms with Crippen molar-refractivity contribution in [2.24, 2.45) is 0 Å². The first-order valence-corrected chi connectivity index (χ1v) is 43.9. The number of fused-ring (bicyclic) bond motifs is 4. The van der Waals surface area contributed by atoms with Crippen LogP contribution in [0.4, 0.5) is 17.6 Å². The van der Waals surface area contributed by atoms with Crippen LogP contribution in [0, 0.1) is 23.3 Å². The zero-order chi connectivity index (χ0) is 93.9. The van der Waals surface area contributed by atoms with E-state index in [-0.39, 0.29) is 57.2 Å². The lowest BCUT2D eigenvalue weighted by molar-refractivity contribution is -0.139. The Kier molecular flexibility index (Phi) is 26.1. The maximum atomic E-state index is 14.4. The van der Waals surface area contributed by atoms with Gasteiger partial charge in [-0.25, -0.2) is 51.5 Å². The molecule has 0 atom stereocenters. The maximum absolute atomic E-state index is 14.4. The number of benzene rings is 9. The van der Waals surface area contributed by atoms with E-state index in [4.69, 9.17) is 35.7 Å². The fourth-order valence-electron chi connectivity index (χ4n) is 16.8. The van der Waals surface area contributed by atoms with Crippen molar-refractivity contribution in [1.82, 2.24) is 49.8 Å². The van der Waals surface area contributed by atoms with Crippen LogP contribution < -0.4 is 18.9 Å². The molecule has 0 unspecified atom stereocenters. The lowest BCUT2D eigenvalue weighted by Crippen LogP contribution is -2.09. The SMILES string of the molecule is CC(C)c1c(-c2cc(F)cc3[nH]ccc23)[nH]c(C(=O)O)c1-c1cc(OCC(=O)O)ccc1Cl.CC(C)c1c(-c2cc(F)cc3[nH]ccc23)[nH]c(C(=O)O)c1-c1ccc(Oc2ccccc2)cc1.CC(C)c1c(-c2cc(F)cc3[nH]ccc23)[nH]c(C(=O)O)c1-c1ccc(Oc2nccs2)cc1.CC(C)c1c(-c2cc(F)cc3[nH]ccc23)[nH]c(C(=O)O)c1-c1cccc(Oc2nccs2)c1. The van der Waals surface area contributed by atoms with Crippen LogP contribution in [0.15, 0.2) is 242 Å². The van der Waals surface area contributed by atoms with Crippen molar-refractivity contribution in [2.75, 3.05) is 6.61 Å². The molecule has 0 saturated carbocycles. The highest BCUT2D eigenvalue weighted by Crippen LogP contribution is 2.50. The second-order valence-electron chi connectivity index (χ2n) is 32.2. The first-order chi connectivity index (χ1) is 63.9. The van der Waals surface area contributed by atoms with Gasteiger partial charge in [-0.15, -0.1) is 0 Å². The van der Waals surface area contributed by atoms with Crippen molar-refractivity contribution in [3.63, 3.8) is 0 Å².